The van der Waals surface area contributed by atoms with Crippen LogP contribution in [0.2, 0.25) is 0 Å². The van der Waals surface area contributed by atoms with Gasteiger partial charge in [0, 0.05) is 9.86 Å². The molecule has 0 unspecified atom stereocenters. The summed E-state index contributed by atoms with van der Waals surface area (Å²) in [5, 5.41) is 9.62. The Labute approximate surface area is 87.1 Å². The summed E-state index contributed by atoms with van der Waals surface area (Å²) in [5.41, 5.74) is 0. The van der Waals surface area contributed by atoms with Crippen molar-refractivity contribution in [2.24, 2.45) is 0 Å². The van der Waals surface area contributed by atoms with Gasteiger partial charge in [0.05, 0.1) is 0 Å². The summed E-state index contributed by atoms with van der Waals surface area (Å²) >= 11 is 3.19. The highest BCUT2D eigenvalue weighted by Crippen LogP contribution is 2.30. The highest BCUT2D eigenvalue weighted by atomic mass is 79.9. The molecule has 2 rings (SSSR count). The van der Waals surface area contributed by atoms with Crippen LogP contribution in [0, 0.1) is 11.6 Å². The number of phenolic OH excluding ortho intramolecular Hbond substituents is 1. The van der Waals surface area contributed by atoms with Crippen molar-refractivity contribution in [3.63, 3.8) is 0 Å². The average Bonchev–Trinajstić information content (AvgIpc) is 2.14. The Morgan fingerprint density at radius 3 is 2.57 bits per heavy atom. The van der Waals surface area contributed by atoms with Crippen LogP contribution in [0.15, 0.2) is 28.7 Å². The van der Waals surface area contributed by atoms with E-state index >= 15 is 0 Å². The van der Waals surface area contributed by atoms with Gasteiger partial charge in [-0.15, -0.1) is 0 Å². The largest absolute Gasteiger partial charge is 0.503 e. The highest BCUT2D eigenvalue weighted by molar-refractivity contribution is 9.10. The molecule has 0 bridgehead atoms. The molecule has 0 fully saturated rings. The second-order valence-electron chi connectivity index (χ2n) is 2.89. The standard InChI is InChI=1S/C10H5BrF2O/c11-6-1-2-7-5(3-6)4-8(12)10(14)9(7)13/h1-4,14H. The Balaban J connectivity index is 2.91. The van der Waals surface area contributed by atoms with Crippen LogP contribution < -0.4 is 0 Å². The minimum absolute atomic E-state index is 0.201. The molecule has 0 aliphatic carbocycles. The number of rotatable bonds is 0. The van der Waals surface area contributed by atoms with E-state index in [2.05, 4.69) is 15.9 Å². The number of hydrogen-bond acceptors (Lipinski definition) is 1. The number of aromatic hydroxyl groups is 1. The van der Waals surface area contributed by atoms with E-state index in [0.29, 0.717) is 5.39 Å². The van der Waals surface area contributed by atoms with Gasteiger partial charge in [-0.25, -0.2) is 8.78 Å². The SMILES string of the molecule is Oc1c(F)cc2cc(Br)ccc2c1F. The van der Waals surface area contributed by atoms with E-state index in [4.69, 9.17) is 5.11 Å². The minimum Gasteiger partial charge on any atom is -0.503 e. The Bertz CT molecular complexity index is 511. The van der Waals surface area contributed by atoms with Gasteiger partial charge in [0.2, 0.25) is 0 Å². The van der Waals surface area contributed by atoms with Gasteiger partial charge >= 0.3 is 0 Å². The van der Waals surface area contributed by atoms with Crippen LogP contribution in [0.1, 0.15) is 0 Å². The van der Waals surface area contributed by atoms with E-state index < -0.39 is 17.4 Å². The summed E-state index contributed by atoms with van der Waals surface area (Å²) in [6.45, 7) is 0. The van der Waals surface area contributed by atoms with Gasteiger partial charge in [-0.3, -0.25) is 0 Å². The van der Waals surface area contributed by atoms with E-state index in [9.17, 15) is 8.78 Å². The summed E-state index contributed by atoms with van der Waals surface area (Å²) in [7, 11) is 0. The molecule has 0 spiro atoms. The maximum Gasteiger partial charge on any atom is 0.188 e. The Morgan fingerprint density at radius 1 is 1.14 bits per heavy atom. The zero-order chi connectivity index (χ0) is 10.3. The van der Waals surface area contributed by atoms with Crippen LogP contribution in [0.4, 0.5) is 8.78 Å². The molecule has 0 atom stereocenters. The predicted octanol–water partition coefficient (Wildman–Crippen LogP) is 3.59. The summed E-state index contributed by atoms with van der Waals surface area (Å²) in [6, 6.07) is 5.79. The first kappa shape index (κ1) is 9.40. The fraction of sp³-hybridized carbons (Fsp3) is 0. The zero-order valence-electron chi connectivity index (χ0n) is 6.89. The van der Waals surface area contributed by atoms with E-state index in [1.54, 1.807) is 12.1 Å². The van der Waals surface area contributed by atoms with E-state index in [1.807, 2.05) is 0 Å². The predicted molar refractivity (Wildman–Crippen MR) is 53.2 cm³/mol. The molecule has 0 aliphatic rings. The van der Waals surface area contributed by atoms with Crippen molar-refractivity contribution in [1.82, 2.24) is 0 Å². The molecule has 0 heterocycles. The van der Waals surface area contributed by atoms with Crippen molar-refractivity contribution < 1.29 is 13.9 Å². The molecule has 0 aliphatic heterocycles. The number of phenols is 1. The van der Waals surface area contributed by atoms with Gasteiger partial charge in [0.15, 0.2) is 17.4 Å². The van der Waals surface area contributed by atoms with Gasteiger partial charge in [-0.2, -0.15) is 0 Å². The monoisotopic (exact) mass is 258 g/mol. The lowest BCUT2D eigenvalue weighted by Gasteiger charge is -2.03. The Hall–Kier alpha value is -1.16. The third-order valence-electron chi connectivity index (χ3n) is 1.97. The first-order valence-corrected chi connectivity index (χ1v) is 4.65. The maximum absolute atomic E-state index is 13.3. The average molecular weight is 259 g/mol. The van der Waals surface area contributed by atoms with Crippen LogP contribution in [-0.2, 0) is 0 Å². The molecule has 1 nitrogen and oxygen atoms in total. The first-order valence-electron chi connectivity index (χ1n) is 3.86. The fourth-order valence-electron chi connectivity index (χ4n) is 1.29. The lowest BCUT2D eigenvalue weighted by molar-refractivity contribution is 0.400. The molecule has 72 valence electrons. The van der Waals surface area contributed by atoms with Crippen molar-refractivity contribution in [3.8, 4) is 5.75 Å². The number of benzene rings is 2. The van der Waals surface area contributed by atoms with E-state index in [-0.39, 0.29) is 5.39 Å². The molecule has 0 saturated carbocycles. The molecule has 0 aromatic heterocycles. The molecule has 1 N–H and O–H groups in total. The normalized spacial score (nSPS) is 10.8. The topological polar surface area (TPSA) is 20.2 Å². The molecule has 0 radical (unpaired) electrons. The van der Waals surface area contributed by atoms with Gasteiger partial charge < -0.3 is 5.11 Å². The smallest absolute Gasteiger partial charge is 0.188 e. The van der Waals surface area contributed by atoms with Gasteiger partial charge in [0.1, 0.15) is 0 Å². The molecule has 2 aromatic rings. The van der Waals surface area contributed by atoms with Gasteiger partial charge in [-0.05, 0) is 23.6 Å². The number of halogens is 3. The molecule has 4 heteroatoms. The molecule has 0 saturated heterocycles. The van der Waals surface area contributed by atoms with E-state index in [1.165, 1.54) is 6.07 Å². The molecule has 2 aromatic carbocycles. The second kappa shape index (κ2) is 3.20. The number of hydrogen-bond donors (Lipinski definition) is 1. The summed E-state index contributed by atoms with van der Waals surface area (Å²) in [4.78, 5) is 0. The summed E-state index contributed by atoms with van der Waals surface area (Å²) < 4.78 is 27.0. The van der Waals surface area contributed by atoms with Crippen LogP contribution in [0.3, 0.4) is 0 Å². The maximum atomic E-state index is 13.3. The third-order valence-corrected chi connectivity index (χ3v) is 2.46. The minimum atomic E-state index is -0.951. The van der Waals surface area contributed by atoms with Crippen LogP contribution in [-0.4, -0.2) is 5.11 Å². The number of fused-ring (bicyclic) bond motifs is 1. The van der Waals surface area contributed by atoms with Crippen LogP contribution in [0.5, 0.6) is 5.75 Å². The fourth-order valence-corrected chi connectivity index (χ4v) is 1.67. The molecular weight excluding hydrogens is 254 g/mol. The Kier molecular flexibility index (Phi) is 2.15. The Morgan fingerprint density at radius 2 is 1.86 bits per heavy atom. The van der Waals surface area contributed by atoms with Crippen molar-refractivity contribution in [2.45, 2.75) is 0 Å². The molecule has 14 heavy (non-hydrogen) atoms. The van der Waals surface area contributed by atoms with Gasteiger partial charge in [0.25, 0.3) is 0 Å². The summed E-state index contributed by atoms with van der Waals surface area (Å²) in [5.74, 6) is -2.81. The second-order valence-corrected chi connectivity index (χ2v) is 3.80. The first-order chi connectivity index (χ1) is 6.59. The van der Waals surface area contributed by atoms with Crippen molar-refractivity contribution in [3.05, 3.63) is 40.4 Å². The van der Waals surface area contributed by atoms with Crippen molar-refractivity contribution >= 4 is 26.7 Å². The molecular formula is C10H5BrF2O. The highest BCUT2D eigenvalue weighted by Gasteiger charge is 2.11. The summed E-state index contributed by atoms with van der Waals surface area (Å²) in [6.07, 6.45) is 0. The van der Waals surface area contributed by atoms with E-state index in [0.717, 1.165) is 10.5 Å². The van der Waals surface area contributed by atoms with Crippen molar-refractivity contribution in [1.29, 1.82) is 0 Å². The van der Waals surface area contributed by atoms with Crippen LogP contribution in [0.25, 0.3) is 10.8 Å². The molecule has 0 amide bonds. The lowest BCUT2D eigenvalue weighted by Crippen LogP contribution is -1.85. The van der Waals surface area contributed by atoms with Gasteiger partial charge in [-0.1, -0.05) is 22.0 Å². The van der Waals surface area contributed by atoms with Crippen LogP contribution >= 0.6 is 15.9 Å². The van der Waals surface area contributed by atoms with Crippen molar-refractivity contribution in [2.75, 3.05) is 0 Å². The lowest BCUT2D eigenvalue weighted by atomic mass is 10.1. The zero-order valence-corrected chi connectivity index (χ0v) is 8.48. The third kappa shape index (κ3) is 1.35. The quantitative estimate of drug-likeness (QED) is 0.766.